The summed E-state index contributed by atoms with van der Waals surface area (Å²) in [6.45, 7) is 6.16. The summed E-state index contributed by atoms with van der Waals surface area (Å²) in [4.78, 5) is 24.7. The maximum Gasteiger partial charge on any atom is 0.265 e. The molecule has 1 aliphatic heterocycles. The van der Waals surface area contributed by atoms with Gasteiger partial charge >= 0.3 is 0 Å². The van der Waals surface area contributed by atoms with E-state index < -0.39 is 5.91 Å². The quantitative estimate of drug-likeness (QED) is 0.774. The second-order valence-electron chi connectivity index (χ2n) is 5.90. The highest BCUT2D eigenvalue weighted by Crippen LogP contribution is 2.35. The first-order valence-electron chi connectivity index (χ1n) is 5.89. The molecule has 0 spiro atoms. The predicted molar refractivity (Wildman–Crippen MR) is 67.7 cm³/mol. The van der Waals surface area contributed by atoms with Crippen LogP contribution in [0.15, 0.2) is 12.1 Å². The Morgan fingerprint density at radius 3 is 2.33 bits per heavy atom. The molecule has 0 bridgehead atoms. The molecule has 96 valence electrons. The van der Waals surface area contributed by atoms with Crippen molar-refractivity contribution in [2.45, 2.75) is 27.2 Å². The number of imide groups is 1. The van der Waals surface area contributed by atoms with Gasteiger partial charge in [-0.25, -0.2) is 0 Å². The number of hydrogen-bond donors (Lipinski definition) is 1. The maximum atomic E-state index is 11.9. The molecule has 1 aliphatic rings. The highest BCUT2D eigenvalue weighted by Gasteiger charge is 2.36. The Morgan fingerprint density at radius 2 is 1.78 bits per heavy atom. The van der Waals surface area contributed by atoms with Gasteiger partial charge in [0.25, 0.3) is 11.8 Å². The van der Waals surface area contributed by atoms with Crippen molar-refractivity contribution in [3.8, 4) is 5.75 Å². The molecule has 0 radical (unpaired) electrons. The second kappa shape index (κ2) is 3.83. The molecule has 2 amide bonds. The van der Waals surface area contributed by atoms with E-state index in [4.69, 9.17) is 0 Å². The normalized spacial score (nSPS) is 15.2. The zero-order valence-electron chi connectivity index (χ0n) is 11.1. The molecule has 0 unspecified atom stereocenters. The number of benzene rings is 1. The van der Waals surface area contributed by atoms with Crippen LogP contribution in [0.3, 0.4) is 0 Å². The van der Waals surface area contributed by atoms with Gasteiger partial charge in [0, 0.05) is 7.05 Å². The highest BCUT2D eigenvalue weighted by atomic mass is 16.3. The van der Waals surface area contributed by atoms with Crippen LogP contribution < -0.4 is 0 Å². The lowest BCUT2D eigenvalue weighted by atomic mass is 9.86. The number of phenolic OH excluding ortho intramolecular Hbond substituents is 1. The van der Waals surface area contributed by atoms with Crippen molar-refractivity contribution in [2.24, 2.45) is 5.41 Å². The predicted octanol–water partition coefficient (Wildman–Crippen LogP) is 2.21. The number of phenols is 1. The largest absolute Gasteiger partial charge is 0.507 e. The van der Waals surface area contributed by atoms with Crippen LogP contribution in [-0.4, -0.2) is 28.9 Å². The number of amides is 2. The number of aromatic hydroxyl groups is 1. The van der Waals surface area contributed by atoms with Crippen LogP contribution in [0, 0.1) is 5.41 Å². The van der Waals surface area contributed by atoms with E-state index >= 15 is 0 Å². The molecule has 1 aromatic carbocycles. The van der Waals surface area contributed by atoms with E-state index in [9.17, 15) is 14.7 Å². The minimum absolute atomic E-state index is 0.00325. The van der Waals surface area contributed by atoms with E-state index in [-0.39, 0.29) is 28.2 Å². The van der Waals surface area contributed by atoms with Gasteiger partial charge in [0.05, 0.1) is 11.1 Å². The average molecular weight is 247 g/mol. The molecule has 4 nitrogen and oxygen atoms in total. The summed E-state index contributed by atoms with van der Waals surface area (Å²) in [6, 6.07) is 3.35. The van der Waals surface area contributed by atoms with E-state index in [0.717, 1.165) is 4.90 Å². The van der Waals surface area contributed by atoms with Gasteiger partial charge in [-0.05, 0) is 23.5 Å². The zero-order valence-corrected chi connectivity index (χ0v) is 11.1. The number of fused-ring (bicyclic) bond motifs is 1. The Morgan fingerprint density at radius 1 is 1.17 bits per heavy atom. The van der Waals surface area contributed by atoms with Crippen molar-refractivity contribution in [2.75, 3.05) is 7.05 Å². The van der Waals surface area contributed by atoms with Crippen molar-refractivity contribution in [1.82, 2.24) is 4.90 Å². The van der Waals surface area contributed by atoms with E-state index in [0.29, 0.717) is 12.0 Å². The smallest absolute Gasteiger partial charge is 0.265 e. The van der Waals surface area contributed by atoms with Crippen molar-refractivity contribution < 1.29 is 14.7 Å². The highest BCUT2D eigenvalue weighted by molar-refractivity contribution is 6.22. The minimum atomic E-state index is -0.428. The molecule has 0 aromatic heterocycles. The van der Waals surface area contributed by atoms with Crippen LogP contribution in [0.25, 0.3) is 0 Å². The van der Waals surface area contributed by atoms with Gasteiger partial charge in [0.1, 0.15) is 5.75 Å². The molecular weight excluding hydrogens is 230 g/mol. The third kappa shape index (κ3) is 1.88. The van der Waals surface area contributed by atoms with Gasteiger partial charge in [-0.2, -0.15) is 0 Å². The van der Waals surface area contributed by atoms with Gasteiger partial charge in [0.15, 0.2) is 0 Å². The number of nitrogens with zero attached hydrogens (tertiary/aromatic N) is 1. The van der Waals surface area contributed by atoms with Crippen LogP contribution in [0.5, 0.6) is 5.75 Å². The Bertz CT molecular complexity index is 541. The fourth-order valence-electron chi connectivity index (χ4n) is 2.18. The monoisotopic (exact) mass is 247 g/mol. The van der Waals surface area contributed by atoms with Crippen LogP contribution in [0.4, 0.5) is 0 Å². The Hall–Kier alpha value is -1.84. The van der Waals surface area contributed by atoms with Gasteiger partial charge in [-0.15, -0.1) is 0 Å². The standard InChI is InChI=1S/C14H17NO3/c1-14(2,3)7-8-5-6-9-10(11(8)16)13(18)15(4)12(9)17/h5-6,16H,7H2,1-4H3. The molecule has 1 N–H and O–H groups in total. The lowest BCUT2D eigenvalue weighted by Crippen LogP contribution is -2.24. The number of carbonyl (C=O) groups is 2. The summed E-state index contributed by atoms with van der Waals surface area (Å²) in [5, 5.41) is 10.2. The fourth-order valence-corrected chi connectivity index (χ4v) is 2.18. The molecule has 0 aliphatic carbocycles. The first-order chi connectivity index (χ1) is 8.22. The van der Waals surface area contributed by atoms with Gasteiger partial charge in [-0.1, -0.05) is 26.8 Å². The minimum Gasteiger partial charge on any atom is -0.507 e. The van der Waals surface area contributed by atoms with Crippen LogP contribution in [0.1, 0.15) is 47.1 Å². The van der Waals surface area contributed by atoms with Crippen molar-refractivity contribution >= 4 is 11.8 Å². The number of rotatable bonds is 1. The first kappa shape index (κ1) is 12.6. The van der Waals surface area contributed by atoms with E-state index in [2.05, 4.69) is 20.8 Å². The second-order valence-corrected chi connectivity index (χ2v) is 5.90. The summed E-state index contributed by atoms with van der Waals surface area (Å²) in [5.41, 5.74) is 1.14. The molecule has 1 aromatic rings. The Balaban J connectivity index is 2.53. The Labute approximate surface area is 106 Å². The summed E-state index contributed by atoms with van der Waals surface area (Å²) in [5.74, 6) is -0.832. The third-order valence-electron chi connectivity index (χ3n) is 3.04. The molecule has 18 heavy (non-hydrogen) atoms. The number of carbonyl (C=O) groups excluding carboxylic acids is 2. The topological polar surface area (TPSA) is 57.6 Å². The molecule has 0 saturated carbocycles. The SMILES string of the molecule is CN1C(=O)c2ccc(CC(C)(C)C)c(O)c2C1=O. The summed E-state index contributed by atoms with van der Waals surface area (Å²) in [6.07, 6.45) is 0.650. The lowest BCUT2D eigenvalue weighted by molar-refractivity contribution is 0.0692. The Kier molecular flexibility index (Phi) is 2.69. The summed E-state index contributed by atoms with van der Waals surface area (Å²) in [7, 11) is 1.42. The number of hydrogen-bond acceptors (Lipinski definition) is 3. The summed E-state index contributed by atoms with van der Waals surface area (Å²) >= 11 is 0. The first-order valence-corrected chi connectivity index (χ1v) is 5.89. The van der Waals surface area contributed by atoms with Crippen molar-refractivity contribution in [3.05, 3.63) is 28.8 Å². The molecule has 2 rings (SSSR count). The lowest BCUT2D eigenvalue weighted by Gasteiger charge is -2.19. The van der Waals surface area contributed by atoms with Gasteiger partial charge < -0.3 is 5.11 Å². The van der Waals surface area contributed by atoms with Crippen LogP contribution >= 0.6 is 0 Å². The maximum absolute atomic E-state index is 11.9. The van der Waals surface area contributed by atoms with Crippen LogP contribution in [0.2, 0.25) is 0 Å². The average Bonchev–Trinajstić information content (AvgIpc) is 2.46. The van der Waals surface area contributed by atoms with Crippen molar-refractivity contribution in [1.29, 1.82) is 0 Å². The van der Waals surface area contributed by atoms with E-state index in [1.54, 1.807) is 12.1 Å². The molecule has 0 fully saturated rings. The molecule has 4 heteroatoms. The molecule has 0 atom stereocenters. The molecular formula is C14H17NO3. The third-order valence-corrected chi connectivity index (χ3v) is 3.04. The van der Waals surface area contributed by atoms with Gasteiger partial charge in [0.2, 0.25) is 0 Å². The van der Waals surface area contributed by atoms with E-state index in [1.807, 2.05) is 0 Å². The fraction of sp³-hybridized carbons (Fsp3) is 0.429. The van der Waals surface area contributed by atoms with Gasteiger partial charge in [-0.3, -0.25) is 14.5 Å². The van der Waals surface area contributed by atoms with E-state index in [1.165, 1.54) is 7.05 Å². The van der Waals surface area contributed by atoms with Crippen molar-refractivity contribution in [3.63, 3.8) is 0 Å². The zero-order chi connectivity index (χ0) is 13.7. The van der Waals surface area contributed by atoms with Crippen LogP contribution in [-0.2, 0) is 6.42 Å². The molecule has 0 saturated heterocycles. The molecule has 1 heterocycles. The summed E-state index contributed by atoms with van der Waals surface area (Å²) < 4.78 is 0.